The van der Waals surface area contributed by atoms with Crippen LogP contribution in [-0.4, -0.2) is 41.3 Å². The van der Waals surface area contributed by atoms with Gasteiger partial charge in [-0.05, 0) is 33.6 Å². The minimum absolute atomic E-state index is 0.370. The van der Waals surface area contributed by atoms with Gasteiger partial charge in [-0.25, -0.2) is 0 Å². The van der Waals surface area contributed by atoms with Gasteiger partial charge in [0.15, 0.2) is 0 Å². The molecule has 0 N–H and O–H groups in total. The maximum Gasteiger partial charge on any atom is 0.504 e. The van der Waals surface area contributed by atoms with Crippen LogP contribution in [0.5, 0.6) is 0 Å². The van der Waals surface area contributed by atoms with Crippen LogP contribution in [0.1, 0.15) is 47.0 Å². The molecule has 1 aliphatic heterocycles. The number of hydrogen-bond acceptors (Lipinski definition) is 4. The van der Waals surface area contributed by atoms with E-state index in [4.69, 9.17) is 18.0 Å². The van der Waals surface area contributed by atoms with Crippen LogP contribution in [0, 0.1) is 0 Å². The molecule has 0 aliphatic carbocycles. The molecule has 0 amide bonds. The zero-order valence-electron chi connectivity index (χ0n) is 12.2. The Labute approximate surface area is 112 Å². The summed E-state index contributed by atoms with van der Waals surface area (Å²) in [6.07, 6.45) is 3.63. The van der Waals surface area contributed by atoms with Crippen molar-refractivity contribution < 1.29 is 18.0 Å². The SMILES string of the molecule is CCCC(CC1CO1)[Si](OCC)(OCC)OCC. The van der Waals surface area contributed by atoms with E-state index in [1.54, 1.807) is 0 Å². The lowest BCUT2D eigenvalue weighted by Gasteiger charge is -2.35. The van der Waals surface area contributed by atoms with Crippen LogP contribution in [0.25, 0.3) is 0 Å². The van der Waals surface area contributed by atoms with E-state index in [-0.39, 0.29) is 0 Å². The molecule has 1 saturated heterocycles. The second kappa shape index (κ2) is 8.27. The van der Waals surface area contributed by atoms with Gasteiger partial charge in [0.2, 0.25) is 0 Å². The first-order valence-electron chi connectivity index (χ1n) is 7.25. The second-order valence-corrected chi connectivity index (χ2v) is 7.47. The van der Waals surface area contributed by atoms with Crippen molar-refractivity contribution in [3.05, 3.63) is 0 Å². The molecule has 0 aromatic heterocycles. The molecule has 5 heteroatoms. The van der Waals surface area contributed by atoms with Gasteiger partial charge in [0.25, 0.3) is 0 Å². The highest BCUT2D eigenvalue weighted by molar-refractivity contribution is 6.62. The standard InChI is InChI=1S/C13H28O4Si/c1-5-9-13(10-12-11-14-12)18(15-6-2,16-7-3)17-8-4/h12-13H,5-11H2,1-4H3. The smallest absolute Gasteiger partial charge is 0.374 e. The Morgan fingerprint density at radius 2 is 1.56 bits per heavy atom. The highest BCUT2D eigenvalue weighted by Gasteiger charge is 2.50. The lowest BCUT2D eigenvalue weighted by molar-refractivity contribution is 0.0575. The number of rotatable bonds is 11. The molecule has 0 aromatic rings. The average molecular weight is 276 g/mol. The fourth-order valence-corrected chi connectivity index (χ4v) is 5.75. The maximum atomic E-state index is 5.99. The molecule has 0 aromatic carbocycles. The normalized spacial score (nSPS) is 21.0. The Hall–Kier alpha value is 0.0569. The molecule has 0 spiro atoms. The van der Waals surface area contributed by atoms with E-state index in [2.05, 4.69) is 6.92 Å². The van der Waals surface area contributed by atoms with E-state index in [0.717, 1.165) is 25.9 Å². The predicted molar refractivity (Wildman–Crippen MR) is 73.6 cm³/mol. The Bertz CT molecular complexity index is 204. The van der Waals surface area contributed by atoms with Crippen molar-refractivity contribution in [3.8, 4) is 0 Å². The van der Waals surface area contributed by atoms with Gasteiger partial charge in [0, 0.05) is 25.4 Å². The number of hydrogen-bond donors (Lipinski definition) is 0. The Morgan fingerprint density at radius 3 is 1.89 bits per heavy atom. The summed E-state index contributed by atoms with van der Waals surface area (Å²) in [6, 6.07) is 0. The third-order valence-corrected chi connectivity index (χ3v) is 6.72. The maximum absolute atomic E-state index is 5.99. The lowest BCUT2D eigenvalue weighted by Crippen LogP contribution is -2.50. The molecule has 1 heterocycles. The first kappa shape index (κ1) is 16.1. The van der Waals surface area contributed by atoms with E-state index in [9.17, 15) is 0 Å². The molecule has 1 rings (SSSR count). The summed E-state index contributed by atoms with van der Waals surface area (Å²) in [5.41, 5.74) is 0.370. The highest BCUT2D eigenvalue weighted by Crippen LogP contribution is 2.37. The predicted octanol–water partition coefficient (Wildman–Crippen LogP) is 2.99. The van der Waals surface area contributed by atoms with Gasteiger partial charge in [-0.1, -0.05) is 13.3 Å². The number of ether oxygens (including phenoxy) is 1. The van der Waals surface area contributed by atoms with Gasteiger partial charge in [-0.15, -0.1) is 0 Å². The molecular formula is C13H28O4Si. The molecule has 18 heavy (non-hydrogen) atoms. The van der Waals surface area contributed by atoms with Crippen molar-refractivity contribution >= 4 is 8.80 Å². The largest absolute Gasteiger partial charge is 0.504 e. The summed E-state index contributed by atoms with van der Waals surface area (Å²) in [7, 11) is -2.55. The van der Waals surface area contributed by atoms with E-state index < -0.39 is 8.80 Å². The minimum Gasteiger partial charge on any atom is -0.374 e. The Balaban J connectivity index is 2.76. The molecule has 108 valence electrons. The average Bonchev–Trinajstić information content (AvgIpc) is 3.13. The molecule has 2 atom stereocenters. The summed E-state index contributed by atoms with van der Waals surface area (Å²) >= 11 is 0. The molecule has 4 nitrogen and oxygen atoms in total. The van der Waals surface area contributed by atoms with Gasteiger partial charge in [-0.2, -0.15) is 0 Å². The summed E-state index contributed by atoms with van der Waals surface area (Å²) < 4.78 is 23.3. The first-order chi connectivity index (χ1) is 8.72. The van der Waals surface area contributed by atoms with Crippen LogP contribution < -0.4 is 0 Å². The van der Waals surface area contributed by atoms with E-state index in [0.29, 0.717) is 31.5 Å². The van der Waals surface area contributed by atoms with Crippen molar-refractivity contribution in [2.75, 3.05) is 26.4 Å². The van der Waals surface area contributed by atoms with Crippen LogP contribution >= 0.6 is 0 Å². The third kappa shape index (κ3) is 4.62. The monoisotopic (exact) mass is 276 g/mol. The van der Waals surface area contributed by atoms with Gasteiger partial charge < -0.3 is 18.0 Å². The van der Waals surface area contributed by atoms with Crippen molar-refractivity contribution in [1.29, 1.82) is 0 Å². The zero-order chi connectivity index (χ0) is 13.4. The zero-order valence-corrected chi connectivity index (χ0v) is 13.2. The van der Waals surface area contributed by atoms with Crippen molar-refractivity contribution in [3.63, 3.8) is 0 Å². The molecule has 2 unspecified atom stereocenters. The first-order valence-corrected chi connectivity index (χ1v) is 9.05. The lowest BCUT2D eigenvalue weighted by atomic mass is 10.1. The van der Waals surface area contributed by atoms with Crippen LogP contribution in [-0.2, 0) is 18.0 Å². The summed E-state index contributed by atoms with van der Waals surface area (Å²) in [5, 5.41) is 0. The van der Waals surface area contributed by atoms with Crippen molar-refractivity contribution in [1.82, 2.24) is 0 Å². The van der Waals surface area contributed by atoms with Crippen LogP contribution in [0.15, 0.2) is 0 Å². The molecule has 1 fully saturated rings. The minimum atomic E-state index is -2.55. The van der Waals surface area contributed by atoms with Gasteiger partial charge >= 0.3 is 8.80 Å². The van der Waals surface area contributed by atoms with Crippen LogP contribution in [0.3, 0.4) is 0 Å². The molecule has 0 bridgehead atoms. The van der Waals surface area contributed by atoms with Crippen LogP contribution in [0.2, 0.25) is 5.54 Å². The second-order valence-electron chi connectivity index (χ2n) is 4.58. The molecule has 0 saturated carbocycles. The molecular weight excluding hydrogens is 248 g/mol. The van der Waals surface area contributed by atoms with Crippen molar-refractivity contribution in [2.24, 2.45) is 0 Å². The summed E-state index contributed by atoms with van der Waals surface area (Å²) in [6.45, 7) is 11.1. The third-order valence-electron chi connectivity index (χ3n) is 3.12. The fraction of sp³-hybridized carbons (Fsp3) is 1.00. The van der Waals surface area contributed by atoms with E-state index in [1.165, 1.54) is 0 Å². The van der Waals surface area contributed by atoms with E-state index in [1.807, 2.05) is 20.8 Å². The number of epoxide rings is 1. The Kier molecular flexibility index (Phi) is 7.40. The van der Waals surface area contributed by atoms with Gasteiger partial charge in [-0.3, -0.25) is 0 Å². The quantitative estimate of drug-likeness (QED) is 0.430. The summed E-state index contributed by atoms with van der Waals surface area (Å²) in [4.78, 5) is 0. The topological polar surface area (TPSA) is 40.2 Å². The molecule has 1 aliphatic rings. The summed E-state index contributed by atoms with van der Waals surface area (Å²) in [5.74, 6) is 0. The Morgan fingerprint density at radius 1 is 1.06 bits per heavy atom. The van der Waals surface area contributed by atoms with Gasteiger partial charge in [0.1, 0.15) is 0 Å². The van der Waals surface area contributed by atoms with Crippen LogP contribution in [0.4, 0.5) is 0 Å². The van der Waals surface area contributed by atoms with Gasteiger partial charge in [0.05, 0.1) is 12.7 Å². The molecule has 0 radical (unpaired) electrons. The highest BCUT2D eigenvalue weighted by atomic mass is 28.4. The van der Waals surface area contributed by atoms with E-state index >= 15 is 0 Å². The van der Waals surface area contributed by atoms with Crippen molar-refractivity contribution in [2.45, 2.75) is 58.6 Å². The fourth-order valence-electron chi connectivity index (χ4n) is 2.39.